The van der Waals surface area contributed by atoms with Crippen LogP contribution in [0.25, 0.3) is 0 Å². The summed E-state index contributed by atoms with van der Waals surface area (Å²) in [7, 11) is 0. The van der Waals surface area contributed by atoms with Gasteiger partial charge in [-0.25, -0.2) is 19.4 Å². The summed E-state index contributed by atoms with van der Waals surface area (Å²) in [6, 6.07) is 11.4. The zero-order valence-corrected chi connectivity index (χ0v) is 32.0. The molecule has 0 spiro atoms. The number of rotatable bonds is 4. The van der Waals surface area contributed by atoms with Crippen LogP contribution in [0.15, 0.2) is 67.4 Å². The molecular formula is C36H32ClF9N8O8. The van der Waals surface area contributed by atoms with E-state index in [4.69, 9.17) is 41.3 Å². The lowest BCUT2D eigenvalue weighted by Gasteiger charge is -2.31. The van der Waals surface area contributed by atoms with E-state index in [2.05, 4.69) is 35.9 Å². The van der Waals surface area contributed by atoms with Crippen LogP contribution in [0, 0.1) is 5.92 Å². The van der Waals surface area contributed by atoms with Gasteiger partial charge < -0.3 is 36.2 Å². The Morgan fingerprint density at radius 3 is 1.90 bits per heavy atom. The maximum atomic E-state index is 13.1. The first-order chi connectivity index (χ1) is 28.8. The van der Waals surface area contributed by atoms with Gasteiger partial charge in [0.15, 0.2) is 5.82 Å². The number of hydrogen-bond donors (Lipinski definition) is 6. The van der Waals surface area contributed by atoms with E-state index >= 15 is 0 Å². The Bertz CT molecular complexity index is 2150. The van der Waals surface area contributed by atoms with Gasteiger partial charge in [0.2, 0.25) is 11.9 Å². The number of fused-ring (bicyclic) bond motifs is 6. The first-order valence-corrected chi connectivity index (χ1v) is 17.7. The fourth-order valence-electron chi connectivity index (χ4n) is 5.23. The Hall–Kier alpha value is -6.79. The number of carboxylic acids is 3. The molecule has 2 aliphatic heterocycles. The van der Waals surface area contributed by atoms with E-state index in [9.17, 15) is 49.1 Å². The molecule has 4 aromatic rings. The fraction of sp³-hybridized carbons (Fsp3) is 0.306. The molecule has 1 saturated heterocycles. The van der Waals surface area contributed by atoms with Crippen LogP contribution in [0.5, 0.6) is 0 Å². The summed E-state index contributed by atoms with van der Waals surface area (Å²) in [6.45, 7) is 1.26. The molecule has 334 valence electrons. The number of aromatic nitrogens is 4. The summed E-state index contributed by atoms with van der Waals surface area (Å²) in [6.07, 6.45) is -3.48. The summed E-state index contributed by atoms with van der Waals surface area (Å²) in [5.41, 5.74) is 4.99. The molecule has 2 aliphatic rings. The number of likely N-dealkylation sites (tertiary alicyclic amines) is 1. The Morgan fingerprint density at radius 2 is 1.35 bits per heavy atom. The van der Waals surface area contributed by atoms with Crippen molar-refractivity contribution in [3.63, 3.8) is 0 Å². The summed E-state index contributed by atoms with van der Waals surface area (Å²) in [5.74, 6) is -7.21. The third-order valence-corrected chi connectivity index (χ3v) is 8.41. The number of anilines is 5. The number of benzene rings is 1. The van der Waals surface area contributed by atoms with Gasteiger partial charge in [-0.15, -0.1) is 0 Å². The first kappa shape index (κ1) is 49.6. The quantitative estimate of drug-likeness (QED) is 0.110. The summed E-state index contributed by atoms with van der Waals surface area (Å²) < 4.78 is 95.2. The molecule has 0 unspecified atom stereocenters. The molecule has 0 atom stereocenters. The third-order valence-electron chi connectivity index (χ3n) is 8.13. The predicted molar refractivity (Wildman–Crippen MR) is 199 cm³/mol. The minimum absolute atomic E-state index is 0.00861. The molecule has 5 heterocycles. The number of halogens is 10. The third kappa shape index (κ3) is 16.3. The summed E-state index contributed by atoms with van der Waals surface area (Å²) in [5, 5.41) is 31.4. The van der Waals surface area contributed by atoms with Gasteiger partial charge in [0.25, 0.3) is 5.91 Å². The maximum Gasteiger partial charge on any atom is 0.490 e. The molecule has 1 fully saturated rings. The van der Waals surface area contributed by atoms with Crippen molar-refractivity contribution < 1.29 is 78.8 Å². The lowest BCUT2D eigenvalue weighted by molar-refractivity contribution is -0.193. The summed E-state index contributed by atoms with van der Waals surface area (Å²) in [4.78, 5) is 71.6. The monoisotopic (exact) mass is 910 g/mol. The molecule has 0 saturated carbocycles. The average Bonchev–Trinajstić information content (AvgIpc) is 3.19. The Morgan fingerprint density at radius 1 is 0.758 bits per heavy atom. The number of pyridine rings is 2. The van der Waals surface area contributed by atoms with Crippen LogP contribution >= 0.6 is 11.6 Å². The molecule has 6 bridgehead atoms. The van der Waals surface area contributed by atoms with Crippen molar-refractivity contribution in [2.45, 2.75) is 50.6 Å². The smallest absolute Gasteiger partial charge is 0.475 e. The maximum absolute atomic E-state index is 13.1. The number of alkyl halides is 9. The van der Waals surface area contributed by atoms with Crippen LogP contribution in [0.3, 0.4) is 0 Å². The highest BCUT2D eigenvalue weighted by atomic mass is 35.5. The molecule has 6 N–H and O–H groups in total. The standard InChI is InChI=1S/C30H29ClN8O2.3C2HF3O2/c31-25-18-34-30-36-24-12-20(15-33-17-24)3-4-21-14-23(35-28(25)38-30)5-6-26(21)37-27(40)13-19-7-10-39(11-8-19)29(41)22-2-1-9-32-16-22;3*3-2(4,5)1(6)7/h1-2,5-6,9,12,14-19H,3-4,7-8,10-11,13H2,(H,37,40)(H2,34,35,36,38);3*(H,6,7). The number of carbonyl (C=O) groups excluding carboxylic acids is 2. The highest BCUT2D eigenvalue weighted by molar-refractivity contribution is 6.32. The van der Waals surface area contributed by atoms with Crippen molar-refractivity contribution in [3.05, 3.63) is 89.1 Å². The van der Waals surface area contributed by atoms with Crippen LogP contribution in [-0.4, -0.2) is 101 Å². The molecular weight excluding hydrogens is 879 g/mol. The second-order valence-corrected chi connectivity index (χ2v) is 13.1. The zero-order chi connectivity index (χ0) is 46.4. The van der Waals surface area contributed by atoms with Gasteiger partial charge in [-0.2, -0.15) is 44.5 Å². The SMILES string of the molecule is O=C(CC1CCN(C(=O)c2cccnc2)CC1)Nc1ccc2cc1CCc1cncc(c1)Nc1ncc(Cl)c(n1)N2.O=C(O)C(F)(F)F.O=C(O)C(F)(F)F.O=C(O)C(F)(F)F. The van der Waals surface area contributed by atoms with Crippen molar-refractivity contribution in [2.75, 3.05) is 29.0 Å². The molecule has 62 heavy (non-hydrogen) atoms. The normalized spacial score (nSPS) is 13.7. The van der Waals surface area contributed by atoms with Crippen molar-refractivity contribution in [1.82, 2.24) is 24.8 Å². The van der Waals surface area contributed by atoms with E-state index in [1.54, 1.807) is 36.9 Å². The highest BCUT2D eigenvalue weighted by Gasteiger charge is 2.39. The van der Waals surface area contributed by atoms with Crippen LogP contribution < -0.4 is 16.0 Å². The van der Waals surface area contributed by atoms with Gasteiger partial charge >= 0.3 is 36.4 Å². The van der Waals surface area contributed by atoms with E-state index in [-0.39, 0.29) is 17.7 Å². The van der Waals surface area contributed by atoms with Gasteiger partial charge in [-0.05, 0) is 79.1 Å². The number of hydrogen-bond acceptors (Lipinski definition) is 11. The van der Waals surface area contributed by atoms with Gasteiger partial charge in [0.05, 0.1) is 23.6 Å². The van der Waals surface area contributed by atoms with E-state index in [0.717, 1.165) is 47.5 Å². The zero-order valence-electron chi connectivity index (χ0n) is 31.3. The molecule has 1 aromatic carbocycles. The molecule has 0 aliphatic carbocycles. The van der Waals surface area contributed by atoms with Crippen LogP contribution in [0.4, 0.5) is 68.3 Å². The predicted octanol–water partition coefficient (Wildman–Crippen LogP) is 7.29. The van der Waals surface area contributed by atoms with Gasteiger partial charge in [-0.1, -0.05) is 11.6 Å². The van der Waals surface area contributed by atoms with Crippen molar-refractivity contribution in [2.24, 2.45) is 5.92 Å². The minimum atomic E-state index is -5.08. The number of aliphatic carboxylic acids is 3. The largest absolute Gasteiger partial charge is 0.490 e. The van der Waals surface area contributed by atoms with Crippen molar-refractivity contribution in [1.29, 1.82) is 0 Å². The number of aryl methyl sites for hydroxylation is 2. The second kappa shape index (κ2) is 21.6. The molecule has 0 radical (unpaired) electrons. The highest BCUT2D eigenvalue weighted by Crippen LogP contribution is 2.30. The minimum Gasteiger partial charge on any atom is -0.475 e. The second-order valence-electron chi connectivity index (χ2n) is 12.7. The topological polar surface area (TPSA) is 237 Å². The van der Waals surface area contributed by atoms with Gasteiger partial charge in [-0.3, -0.25) is 19.6 Å². The van der Waals surface area contributed by atoms with Crippen molar-refractivity contribution in [3.8, 4) is 0 Å². The van der Waals surface area contributed by atoms with Crippen molar-refractivity contribution >= 4 is 70.2 Å². The molecule has 2 amide bonds. The van der Waals surface area contributed by atoms with Gasteiger partial charge in [0.1, 0.15) is 5.02 Å². The Kier molecular flexibility index (Phi) is 17.3. The van der Waals surface area contributed by atoms with E-state index in [1.807, 2.05) is 35.4 Å². The average molecular weight is 911 g/mol. The van der Waals surface area contributed by atoms with E-state index < -0.39 is 36.4 Å². The molecule has 6 rings (SSSR count). The van der Waals surface area contributed by atoms with Crippen LogP contribution in [0.1, 0.15) is 40.7 Å². The lowest BCUT2D eigenvalue weighted by atomic mass is 9.92. The lowest BCUT2D eigenvalue weighted by Crippen LogP contribution is -2.39. The van der Waals surface area contributed by atoms with Crippen LogP contribution in [-0.2, 0) is 32.0 Å². The molecule has 3 aromatic heterocycles. The van der Waals surface area contributed by atoms with Gasteiger partial charge in [0, 0.05) is 49.5 Å². The number of nitrogens with zero attached hydrogens (tertiary/aromatic N) is 5. The number of carbonyl (C=O) groups is 5. The number of amides is 2. The molecule has 16 nitrogen and oxygen atoms in total. The van der Waals surface area contributed by atoms with E-state index in [1.165, 1.54) is 0 Å². The Labute approximate surface area is 348 Å². The fourth-order valence-corrected chi connectivity index (χ4v) is 5.37. The van der Waals surface area contributed by atoms with Crippen LogP contribution in [0.2, 0.25) is 5.02 Å². The Balaban J connectivity index is 0.000000403. The van der Waals surface area contributed by atoms with E-state index in [0.29, 0.717) is 48.3 Å². The number of nitrogens with one attached hydrogen (secondary N) is 3. The summed E-state index contributed by atoms with van der Waals surface area (Å²) >= 11 is 6.37. The molecule has 26 heteroatoms. The number of piperidine rings is 1. The first-order valence-electron chi connectivity index (χ1n) is 17.4. The number of carboxylic acid groups (broad SMARTS) is 3.